The summed E-state index contributed by atoms with van der Waals surface area (Å²) in [4.78, 5) is 7.72. The van der Waals surface area contributed by atoms with Gasteiger partial charge in [-0.15, -0.1) is 0 Å². The highest BCUT2D eigenvalue weighted by Crippen LogP contribution is 2.31. The molecule has 0 aromatic carbocycles. The molecule has 114 valence electrons. The molecule has 1 fully saturated rings. The lowest BCUT2D eigenvalue weighted by molar-refractivity contribution is 0.280. The van der Waals surface area contributed by atoms with E-state index in [0.717, 1.165) is 23.5 Å². The fourth-order valence-electron chi connectivity index (χ4n) is 2.84. The first kappa shape index (κ1) is 15.6. The second-order valence-electron chi connectivity index (χ2n) is 5.89. The van der Waals surface area contributed by atoms with Crippen LogP contribution in [-0.4, -0.2) is 32.2 Å². The van der Waals surface area contributed by atoms with Gasteiger partial charge in [0.05, 0.1) is 12.0 Å². The van der Waals surface area contributed by atoms with Crippen molar-refractivity contribution in [3.05, 3.63) is 4.88 Å². The molecule has 1 saturated carbocycles. The van der Waals surface area contributed by atoms with Gasteiger partial charge in [0.2, 0.25) is 5.88 Å². The number of nitrogens with one attached hydrogen (secondary N) is 1. The molecule has 0 spiro atoms. The van der Waals surface area contributed by atoms with E-state index in [2.05, 4.69) is 17.2 Å². The van der Waals surface area contributed by atoms with E-state index in [1.165, 1.54) is 37.0 Å². The van der Waals surface area contributed by atoms with Crippen molar-refractivity contribution in [3.8, 4) is 5.88 Å². The van der Waals surface area contributed by atoms with Crippen LogP contribution in [0.1, 0.15) is 43.9 Å². The van der Waals surface area contributed by atoms with E-state index in [4.69, 9.17) is 4.74 Å². The second-order valence-corrected chi connectivity index (χ2v) is 6.95. The van der Waals surface area contributed by atoms with Crippen LogP contribution in [0.5, 0.6) is 5.88 Å². The summed E-state index contributed by atoms with van der Waals surface area (Å²) in [5.41, 5.74) is 0. The maximum atomic E-state index is 5.39. The van der Waals surface area contributed by atoms with E-state index in [1.54, 1.807) is 18.4 Å². The van der Waals surface area contributed by atoms with Crippen LogP contribution in [0.3, 0.4) is 0 Å². The largest absolute Gasteiger partial charge is 0.480 e. The number of ether oxygens (including phenoxy) is 1. The number of thiazole rings is 1. The van der Waals surface area contributed by atoms with Crippen molar-refractivity contribution in [1.82, 2.24) is 10.3 Å². The van der Waals surface area contributed by atoms with Gasteiger partial charge in [-0.25, -0.2) is 0 Å². The van der Waals surface area contributed by atoms with Crippen molar-refractivity contribution in [2.45, 2.75) is 51.6 Å². The second kappa shape index (κ2) is 7.27. The van der Waals surface area contributed by atoms with Crippen LogP contribution in [0, 0.1) is 5.92 Å². The summed E-state index contributed by atoms with van der Waals surface area (Å²) in [6.07, 6.45) is 6.95. The van der Waals surface area contributed by atoms with E-state index in [0.29, 0.717) is 6.04 Å². The first-order valence-electron chi connectivity index (χ1n) is 7.56. The number of hydrogen-bond acceptors (Lipinski definition) is 5. The van der Waals surface area contributed by atoms with Crippen molar-refractivity contribution >= 4 is 16.5 Å². The molecule has 0 saturated heterocycles. The third-order valence-electron chi connectivity index (χ3n) is 4.17. The lowest BCUT2D eigenvalue weighted by Gasteiger charge is -2.28. The standard InChI is InChI=1S/C15H27N3OS/c1-11(12-8-6-5-7-9-12)16-10-13-14(19-4)17-15(20-13)18(2)3/h11-12,16H,5-10H2,1-4H3/t11-/m1/s1. The molecule has 0 aliphatic heterocycles. The van der Waals surface area contributed by atoms with Gasteiger partial charge in [0.1, 0.15) is 0 Å². The van der Waals surface area contributed by atoms with E-state index in [9.17, 15) is 0 Å². The number of methoxy groups -OCH3 is 1. The molecule has 1 aliphatic carbocycles. The number of aromatic nitrogens is 1. The van der Waals surface area contributed by atoms with Gasteiger partial charge in [-0.2, -0.15) is 4.98 Å². The third kappa shape index (κ3) is 3.85. The maximum absolute atomic E-state index is 5.39. The zero-order valence-corrected chi connectivity index (χ0v) is 13.9. The molecular formula is C15H27N3OS. The summed E-state index contributed by atoms with van der Waals surface area (Å²) in [5, 5.41) is 4.67. The normalized spacial score (nSPS) is 18.0. The van der Waals surface area contributed by atoms with E-state index in [1.807, 2.05) is 19.0 Å². The molecule has 0 unspecified atom stereocenters. The monoisotopic (exact) mass is 297 g/mol. The SMILES string of the molecule is COc1nc(N(C)C)sc1CN[C@H](C)C1CCCCC1. The molecule has 0 radical (unpaired) electrons. The van der Waals surface area contributed by atoms with Crippen LogP contribution < -0.4 is 15.0 Å². The number of nitrogens with zero attached hydrogens (tertiary/aromatic N) is 2. The molecule has 4 nitrogen and oxygen atoms in total. The first-order chi connectivity index (χ1) is 9.61. The molecule has 1 aromatic rings. The Bertz CT molecular complexity index is 413. The predicted octanol–water partition coefficient (Wildman–Crippen LogP) is 3.28. The smallest absolute Gasteiger partial charge is 0.230 e. The highest BCUT2D eigenvalue weighted by molar-refractivity contribution is 7.15. The Labute approximate surface area is 126 Å². The van der Waals surface area contributed by atoms with Crippen molar-refractivity contribution in [2.24, 2.45) is 5.92 Å². The molecule has 5 heteroatoms. The Morgan fingerprint density at radius 1 is 1.35 bits per heavy atom. The highest BCUT2D eigenvalue weighted by atomic mass is 32.1. The first-order valence-corrected chi connectivity index (χ1v) is 8.38. The van der Waals surface area contributed by atoms with Crippen molar-refractivity contribution in [3.63, 3.8) is 0 Å². The van der Waals surface area contributed by atoms with Gasteiger partial charge in [-0.3, -0.25) is 0 Å². The van der Waals surface area contributed by atoms with Crippen molar-refractivity contribution in [1.29, 1.82) is 0 Å². The Morgan fingerprint density at radius 3 is 2.65 bits per heavy atom. The predicted molar refractivity (Wildman–Crippen MR) is 85.9 cm³/mol. The molecule has 1 atom stereocenters. The molecule has 1 aliphatic rings. The molecule has 2 rings (SSSR count). The zero-order chi connectivity index (χ0) is 14.5. The van der Waals surface area contributed by atoms with E-state index >= 15 is 0 Å². The maximum Gasteiger partial charge on any atom is 0.230 e. The van der Waals surface area contributed by atoms with Crippen LogP contribution in [0.2, 0.25) is 0 Å². The molecule has 1 aromatic heterocycles. The minimum absolute atomic E-state index is 0.574. The van der Waals surface area contributed by atoms with Crippen LogP contribution in [-0.2, 0) is 6.54 Å². The van der Waals surface area contributed by atoms with Crippen molar-refractivity contribution in [2.75, 3.05) is 26.1 Å². The summed E-state index contributed by atoms with van der Waals surface area (Å²) in [6, 6.07) is 0.574. The lowest BCUT2D eigenvalue weighted by atomic mass is 9.84. The summed E-state index contributed by atoms with van der Waals surface area (Å²) < 4.78 is 5.39. The number of rotatable bonds is 6. The van der Waals surface area contributed by atoms with Gasteiger partial charge >= 0.3 is 0 Å². The van der Waals surface area contributed by atoms with Gasteiger partial charge in [0.25, 0.3) is 0 Å². The minimum atomic E-state index is 0.574. The Balaban J connectivity index is 1.92. The molecule has 1 heterocycles. The van der Waals surface area contributed by atoms with Gasteiger partial charge in [0.15, 0.2) is 5.13 Å². The molecule has 0 amide bonds. The highest BCUT2D eigenvalue weighted by Gasteiger charge is 2.21. The minimum Gasteiger partial charge on any atom is -0.480 e. The summed E-state index contributed by atoms with van der Waals surface area (Å²) in [6.45, 7) is 3.17. The van der Waals surface area contributed by atoms with Crippen LogP contribution in [0.25, 0.3) is 0 Å². The summed E-state index contributed by atoms with van der Waals surface area (Å²) in [7, 11) is 5.73. The third-order valence-corrected chi connectivity index (χ3v) is 5.37. The molecule has 1 N–H and O–H groups in total. The van der Waals surface area contributed by atoms with E-state index in [-0.39, 0.29) is 0 Å². The fraction of sp³-hybridized carbons (Fsp3) is 0.800. The van der Waals surface area contributed by atoms with Crippen LogP contribution >= 0.6 is 11.3 Å². The number of hydrogen-bond donors (Lipinski definition) is 1. The Kier molecular flexibility index (Phi) is 5.66. The lowest BCUT2D eigenvalue weighted by Crippen LogP contribution is -2.34. The summed E-state index contributed by atoms with van der Waals surface area (Å²) >= 11 is 1.71. The molecule has 20 heavy (non-hydrogen) atoms. The van der Waals surface area contributed by atoms with Crippen molar-refractivity contribution < 1.29 is 4.74 Å². The quantitative estimate of drug-likeness (QED) is 0.874. The fourth-order valence-corrected chi connectivity index (χ4v) is 3.75. The topological polar surface area (TPSA) is 37.4 Å². The van der Waals surface area contributed by atoms with Gasteiger partial charge in [-0.05, 0) is 25.7 Å². The van der Waals surface area contributed by atoms with E-state index < -0.39 is 0 Å². The van der Waals surface area contributed by atoms with Gasteiger partial charge in [0, 0.05) is 26.7 Å². The molecule has 0 bridgehead atoms. The Morgan fingerprint density at radius 2 is 2.05 bits per heavy atom. The summed E-state index contributed by atoms with van der Waals surface area (Å²) in [5.74, 6) is 1.60. The van der Waals surface area contributed by atoms with Gasteiger partial charge < -0.3 is 15.0 Å². The molecular weight excluding hydrogens is 270 g/mol. The van der Waals surface area contributed by atoms with Crippen LogP contribution in [0.15, 0.2) is 0 Å². The van der Waals surface area contributed by atoms with Crippen LogP contribution in [0.4, 0.5) is 5.13 Å². The average Bonchev–Trinajstić information content (AvgIpc) is 2.89. The average molecular weight is 297 g/mol. The number of anilines is 1. The zero-order valence-electron chi connectivity index (χ0n) is 13.1. The van der Waals surface area contributed by atoms with Gasteiger partial charge in [-0.1, -0.05) is 30.6 Å². The Hall–Kier alpha value is -0.810.